The highest BCUT2D eigenvalue weighted by molar-refractivity contribution is 5.20. The van der Waals surface area contributed by atoms with Gasteiger partial charge in [0.1, 0.15) is 5.69 Å². The Morgan fingerprint density at radius 2 is 2.13 bits per heavy atom. The molecule has 0 saturated heterocycles. The van der Waals surface area contributed by atoms with Crippen molar-refractivity contribution in [2.75, 3.05) is 32.5 Å². The standard InChI is InChI=1S/C9H17N5O/c1-7-8(15)11-9(13-12-7)10-5-4-6-14(2)3/h4-6H2,1-3H3,(H2,10,11,13,15)/p+1. The summed E-state index contributed by atoms with van der Waals surface area (Å²) in [5.74, 6) is 0.444. The van der Waals surface area contributed by atoms with Crippen LogP contribution in [0, 0.1) is 6.92 Å². The normalized spacial score (nSPS) is 10.7. The van der Waals surface area contributed by atoms with E-state index in [0.717, 1.165) is 19.5 Å². The van der Waals surface area contributed by atoms with E-state index >= 15 is 0 Å². The molecule has 1 aromatic heterocycles. The first-order chi connectivity index (χ1) is 7.09. The van der Waals surface area contributed by atoms with Crippen LogP contribution in [0.3, 0.4) is 0 Å². The first-order valence-electron chi connectivity index (χ1n) is 5.06. The second kappa shape index (κ2) is 5.45. The molecule has 0 aliphatic carbocycles. The Morgan fingerprint density at radius 1 is 1.40 bits per heavy atom. The van der Waals surface area contributed by atoms with Crippen molar-refractivity contribution < 1.29 is 4.90 Å². The number of aromatic nitrogens is 3. The average Bonchev–Trinajstić information content (AvgIpc) is 2.18. The molecule has 0 amide bonds. The molecule has 0 aliphatic rings. The summed E-state index contributed by atoms with van der Waals surface area (Å²) >= 11 is 0. The van der Waals surface area contributed by atoms with Crippen LogP contribution in [-0.4, -0.2) is 42.4 Å². The smallest absolute Gasteiger partial charge is 0.273 e. The van der Waals surface area contributed by atoms with Crippen molar-refractivity contribution in [3.63, 3.8) is 0 Å². The van der Waals surface area contributed by atoms with Gasteiger partial charge in [-0.3, -0.25) is 9.78 Å². The van der Waals surface area contributed by atoms with Crippen LogP contribution in [0.4, 0.5) is 5.95 Å². The lowest BCUT2D eigenvalue weighted by molar-refractivity contribution is -0.858. The molecule has 0 aromatic carbocycles. The van der Waals surface area contributed by atoms with Crippen LogP contribution in [0.1, 0.15) is 12.1 Å². The number of anilines is 1. The number of rotatable bonds is 5. The van der Waals surface area contributed by atoms with Crippen molar-refractivity contribution in [1.82, 2.24) is 15.2 Å². The van der Waals surface area contributed by atoms with E-state index in [0.29, 0.717) is 11.6 Å². The summed E-state index contributed by atoms with van der Waals surface area (Å²) in [6.45, 7) is 3.50. The van der Waals surface area contributed by atoms with E-state index in [-0.39, 0.29) is 5.56 Å². The molecular weight excluding hydrogens is 194 g/mol. The minimum absolute atomic E-state index is 0.189. The van der Waals surface area contributed by atoms with Gasteiger partial charge in [0.2, 0.25) is 5.95 Å². The van der Waals surface area contributed by atoms with Gasteiger partial charge in [0.25, 0.3) is 5.56 Å². The van der Waals surface area contributed by atoms with Gasteiger partial charge < -0.3 is 10.2 Å². The second-order valence-corrected chi connectivity index (χ2v) is 3.83. The van der Waals surface area contributed by atoms with Crippen molar-refractivity contribution in [3.05, 3.63) is 16.0 Å². The van der Waals surface area contributed by atoms with E-state index in [2.05, 4.69) is 34.6 Å². The fraction of sp³-hybridized carbons (Fsp3) is 0.667. The molecule has 0 aliphatic heterocycles. The van der Waals surface area contributed by atoms with Gasteiger partial charge in [0, 0.05) is 13.0 Å². The zero-order chi connectivity index (χ0) is 11.3. The fourth-order valence-corrected chi connectivity index (χ4v) is 1.12. The van der Waals surface area contributed by atoms with Gasteiger partial charge in [-0.25, -0.2) is 0 Å². The Morgan fingerprint density at radius 3 is 2.73 bits per heavy atom. The van der Waals surface area contributed by atoms with Gasteiger partial charge in [-0.05, 0) is 6.92 Å². The molecule has 1 heterocycles. The van der Waals surface area contributed by atoms with Crippen LogP contribution in [0.15, 0.2) is 4.79 Å². The molecule has 1 aromatic rings. The average molecular weight is 212 g/mol. The number of quaternary nitrogens is 1. The molecule has 15 heavy (non-hydrogen) atoms. The van der Waals surface area contributed by atoms with Crippen LogP contribution in [0.2, 0.25) is 0 Å². The second-order valence-electron chi connectivity index (χ2n) is 3.83. The maximum absolute atomic E-state index is 11.2. The van der Waals surface area contributed by atoms with E-state index in [1.165, 1.54) is 4.90 Å². The monoisotopic (exact) mass is 212 g/mol. The SMILES string of the molecule is Cc1nnc(NCCC[NH+](C)C)[nH]c1=O. The lowest BCUT2D eigenvalue weighted by Crippen LogP contribution is -3.05. The summed E-state index contributed by atoms with van der Waals surface area (Å²) < 4.78 is 0. The van der Waals surface area contributed by atoms with Crippen molar-refractivity contribution in [2.24, 2.45) is 0 Å². The molecular formula is C9H18N5O+. The predicted molar refractivity (Wildman–Crippen MR) is 58.2 cm³/mol. The zero-order valence-electron chi connectivity index (χ0n) is 9.42. The highest BCUT2D eigenvalue weighted by atomic mass is 16.1. The predicted octanol–water partition coefficient (Wildman–Crippen LogP) is -1.58. The van der Waals surface area contributed by atoms with Crippen LogP contribution in [-0.2, 0) is 0 Å². The minimum atomic E-state index is -0.189. The Balaban J connectivity index is 2.38. The van der Waals surface area contributed by atoms with E-state index < -0.39 is 0 Å². The van der Waals surface area contributed by atoms with E-state index in [9.17, 15) is 4.79 Å². The van der Waals surface area contributed by atoms with Crippen LogP contribution in [0.25, 0.3) is 0 Å². The van der Waals surface area contributed by atoms with Crippen LogP contribution >= 0.6 is 0 Å². The maximum Gasteiger partial charge on any atom is 0.273 e. The Bertz CT molecular complexity index is 360. The Hall–Kier alpha value is -1.43. The first kappa shape index (κ1) is 11.6. The Kier molecular flexibility index (Phi) is 4.23. The number of nitrogens with zero attached hydrogens (tertiary/aromatic N) is 2. The fourth-order valence-electron chi connectivity index (χ4n) is 1.12. The zero-order valence-corrected chi connectivity index (χ0v) is 9.42. The number of aryl methyl sites for hydroxylation is 1. The van der Waals surface area contributed by atoms with Gasteiger partial charge in [0.05, 0.1) is 20.6 Å². The maximum atomic E-state index is 11.2. The third-order valence-corrected chi connectivity index (χ3v) is 2.01. The van der Waals surface area contributed by atoms with E-state index in [1.807, 2.05) is 0 Å². The number of hydrogen-bond acceptors (Lipinski definition) is 4. The third kappa shape index (κ3) is 4.07. The van der Waals surface area contributed by atoms with Crippen LogP contribution < -0.4 is 15.8 Å². The Labute approximate surface area is 88.7 Å². The molecule has 0 fully saturated rings. The molecule has 0 spiro atoms. The van der Waals surface area contributed by atoms with Crippen molar-refractivity contribution in [1.29, 1.82) is 0 Å². The molecule has 0 saturated carbocycles. The van der Waals surface area contributed by atoms with E-state index in [1.54, 1.807) is 6.92 Å². The van der Waals surface area contributed by atoms with Gasteiger partial charge in [-0.1, -0.05) is 0 Å². The first-order valence-corrected chi connectivity index (χ1v) is 5.06. The van der Waals surface area contributed by atoms with Gasteiger partial charge in [-0.2, -0.15) is 0 Å². The molecule has 3 N–H and O–H groups in total. The molecule has 84 valence electrons. The summed E-state index contributed by atoms with van der Waals surface area (Å²) in [5.41, 5.74) is 0.198. The highest BCUT2D eigenvalue weighted by Crippen LogP contribution is 1.90. The molecule has 0 radical (unpaired) electrons. The summed E-state index contributed by atoms with van der Waals surface area (Å²) in [5, 5.41) is 10.6. The lowest BCUT2D eigenvalue weighted by atomic mass is 10.4. The summed E-state index contributed by atoms with van der Waals surface area (Å²) in [7, 11) is 4.21. The van der Waals surface area contributed by atoms with Crippen molar-refractivity contribution >= 4 is 5.95 Å². The van der Waals surface area contributed by atoms with Crippen LogP contribution in [0.5, 0.6) is 0 Å². The largest absolute Gasteiger partial charge is 0.354 e. The number of H-pyrrole nitrogens is 1. The molecule has 0 unspecified atom stereocenters. The van der Waals surface area contributed by atoms with Gasteiger partial charge >= 0.3 is 0 Å². The molecule has 6 heteroatoms. The third-order valence-electron chi connectivity index (χ3n) is 2.01. The number of aromatic amines is 1. The highest BCUT2D eigenvalue weighted by Gasteiger charge is 1.99. The van der Waals surface area contributed by atoms with Gasteiger partial charge in [-0.15, -0.1) is 10.2 Å². The summed E-state index contributed by atoms with van der Waals surface area (Å²) in [4.78, 5) is 15.2. The lowest BCUT2D eigenvalue weighted by Gasteiger charge is -2.07. The number of hydrogen-bond donors (Lipinski definition) is 3. The van der Waals surface area contributed by atoms with Crippen molar-refractivity contribution in [3.8, 4) is 0 Å². The van der Waals surface area contributed by atoms with Crippen molar-refractivity contribution in [2.45, 2.75) is 13.3 Å². The number of nitrogens with one attached hydrogen (secondary N) is 3. The molecule has 0 bridgehead atoms. The molecule has 1 rings (SSSR count). The molecule has 0 atom stereocenters. The quantitative estimate of drug-likeness (QED) is 0.515. The molecule has 6 nitrogen and oxygen atoms in total. The minimum Gasteiger partial charge on any atom is -0.354 e. The summed E-state index contributed by atoms with van der Waals surface area (Å²) in [6.07, 6.45) is 1.03. The van der Waals surface area contributed by atoms with E-state index in [4.69, 9.17) is 0 Å². The topological polar surface area (TPSA) is 75.1 Å². The van der Waals surface area contributed by atoms with Gasteiger partial charge in [0.15, 0.2) is 0 Å². The summed E-state index contributed by atoms with van der Waals surface area (Å²) in [6, 6.07) is 0.